The first-order chi connectivity index (χ1) is 8.88. The fourth-order valence-corrected chi connectivity index (χ4v) is 3.31. The molecule has 100 valence electrons. The molecule has 0 spiro atoms. The number of hydrogen-bond acceptors (Lipinski definition) is 2. The molecule has 0 atom stereocenters. The Kier molecular flexibility index (Phi) is 4.52. The second kappa shape index (κ2) is 5.80. The molecule has 0 aliphatic rings. The average molecular weight is 452 g/mol. The van der Waals surface area contributed by atoms with Crippen molar-refractivity contribution in [3.8, 4) is 0 Å². The fourth-order valence-electron chi connectivity index (χ4n) is 1.48. The molecule has 2 aromatic rings. The van der Waals surface area contributed by atoms with Gasteiger partial charge in [-0.15, -0.1) is 0 Å². The maximum atomic E-state index is 12.2. The number of nitrogens with one attached hydrogen (secondary N) is 1. The van der Waals surface area contributed by atoms with Gasteiger partial charge in [-0.3, -0.25) is 4.72 Å². The Labute approximate surface area is 134 Å². The van der Waals surface area contributed by atoms with Gasteiger partial charge >= 0.3 is 0 Å². The first kappa shape index (κ1) is 14.8. The van der Waals surface area contributed by atoms with Gasteiger partial charge in [0.2, 0.25) is 0 Å². The van der Waals surface area contributed by atoms with E-state index < -0.39 is 10.0 Å². The van der Waals surface area contributed by atoms with Gasteiger partial charge in [-0.1, -0.05) is 22.0 Å². The third-order valence-electron chi connectivity index (χ3n) is 2.55. The van der Waals surface area contributed by atoms with Crippen LogP contribution in [0.3, 0.4) is 0 Å². The fraction of sp³-hybridized carbons (Fsp3) is 0.0769. The van der Waals surface area contributed by atoms with Crippen LogP contribution in [0.15, 0.2) is 51.8 Å². The third-order valence-corrected chi connectivity index (χ3v) is 5.64. The van der Waals surface area contributed by atoms with Crippen LogP contribution >= 0.6 is 38.5 Å². The minimum atomic E-state index is -3.53. The van der Waals surface area contributed by atoms with E-state index in [9.17, 15) is 8.42 Å². The Hall–Kier alpha value is -0.600. The highest BCUT2D eigenvalue weighted by molar-refractivity contribution is 14.1. The summed E-state index contributed by atoms with van der Waals surface area (Å²) >= 11 is 5.46. The standard InChI is InChI=1S/C13H11BrINO2S/c1-9-2-5-11(8-13(9)15)16-19(17,18)12-6-3-10(14)4-7-12/h2-8,16H,1H3. The molecule has 0 aliphatic heterocycles. The molecule has 19 heavy (non-hydrogen) atoms. The van der Waals surface area contributed by atoms with Crippen LogP contribution in [0.25, 0.3) is 0 Å². The van der Waals surface area contributed by atoms with E-state index in [2.05, 4.69) is 43.2 Å². The Morgan fingerprint density at radius 2 is 1.74 bits per heavy atom. The lowest BCUT2D eigenvalue weighted by molar-refractivity contribution is 0.601. The summed E-state index contributed by atoms with van der Waals surface area (Å²) in [6.07, 6.45) is 0. The van der Waals surface area contributed by atoms with Crippen LogP contribution in [0, 0.1) is 10.5 Å². The van der Waals surface area contributed by atoms with Crippen molar-refractivity contribution in [1.29, 1.82) is 0 Å². The lowest BCUT2D eigenvalue weighted by Crippen LogP contribution is -2.12. The van der Waals surface area contributed by atoms with Crippen LogP contribution in [-0.4, -0.2) is 8.42 Å². The molecule has 0 heterocycles. The average Bonchev–Trinajstić information content (AvgIpc) is 2.34. The molecule has 0 unspecified atom stereocenters. The van der Waals surface area contributed by atoms with Crippen molar-refractivity contribution in [2.24, 2.45) is 0 Å². The molecule has 0 amide bonds. The molecule has 2 rings (SSSR count). The molecular weight excluding hydrogens is 441 g/mol. The molecule has 6 heteroatoms. The summed E-state index contributed by atoms with van der Waals surface area (Å²) in [4.78, 5) is 0.242. The van der Waals surface area contributed by atoms with Crippen LogP contribution in [0.1, 0.15) is 5.56 Å². The molecule has 0 saturated carbocycles. The number of anilines is 1. The van der Waals surface area contributed by atoms with Gasteiger partial charge in [-0.25, -0.2) is 8.42 Å². The molecule has 0 aromatic heterocycles. The first-order valence-corrected chi connectivity index (χ1v) is 8.78. The summed E-state index contributed by atoms with van der Waals surface area (Å²) in [5, 5.41) is 0. The van der Waals surface area contributed by atoms with Crippen molar-refractivity contribution >= 4 is 54.2 Å². The zero-order chi connectivity index (χ0) is 14.0. The minimum Gasteiger partial charge on any atom is -0.280 e. The summed E-state index contributed by atoms with van der Waals surface area (Å²) in [5.74, 6) is 0. The highest BCUT2D eigenvalue weighted by Crippen LogP contribution is 2.21. The van der Waals surface area contributed by atoms with Crippen molar-refractivity contribution in [2.75, 3.05) is 4.72 Å². The van der Waals surface area contributed by atoms with Gasteiger partial charge < -0.3 is 0 Å². The second-order valence-corrected chi connectivity index (χ2v) is 7.78. The molecule has 0 bridgehead atoms. The number of rotatable bonds is 3. The van der Waals surface area contributed by atoms with Crippen LogP contribution in [0.5, 0.6) is 0 Å². The Balaban J connectivity index is 2.30. The summed E-state index contributed by atoms with van der Waals surface area (Å²) in [7, 11) is -3.53. The Morgan fingerprint density at radius 3 is 2.32 bits per heavy atom. The predicted molar refractivity (Wildman–Crippen MR) is 88.8 cm³/mol. The van der Waals surface area contributed by atoms with E-state index in [1.807, 2.05) is 19.1 Å². The Morgan fingerprint density at radius 1 is 1.11 bits per heavy atom. The van der Waals surface area contributed by atoms with E-state index in [0.29, 0.717) is 5.69 Å². The van der Waals surface area contributed by atoms with Crippen LogP contribution < -0.4 is 4.72 Å². The topological polar surface area (TPSA) is 46.2 Å². The lowest BCUT2D eigenvalue weighted by atomic mass is 10.2. The normalized spacial score (nSPS) is 11.3. The van der Waals surface area contributed by atoms with Gasteiger partial charge in [0.15, 0.2) is 0 Å². The molecule has 2 aromatic carbocycles. The van der Waals surface area contributed by atoms with Crippen molar-refractivity contribution in [2.45, 2.75) is 11.8 Å². The second-order valence-electron chi connectivity index (χ2n) is 4.02. The molecule has 1 N–H and O–H groups in total. The predicted octanol–water partition coefficient (Wildman–Crippen LogP) is 4.16. The summed E-state index contributed by atoms with van der Waals surface area (Å²) in [6.45, 7) is 1.98. The molecule has 0 saturated heterocycles. The molecular formula is C13H11BrINO2S. The molecule has 3 nitrogen and oxygen atoms in total. The molecule has 0 radical (unpaired) electrons. The van der Waals surface area contributed by atoms with E-state index in [0.717, 1.165) is 13.6 Å². The lowest BCUT2D eigenvalue weighted by Gasteiger charge is -2.09. The molecule has 0 fully saturated rings. The van der Waals surface area contributed by atoms with Gasteiger partial charge in [-0.2, -0.15) is 0 Å². The summed E-state index contributed by atoms with van der Waals surface area (Å²) in [6, 6.07) is 12.0. The van der Waals surface area contributed by atoms with Gasteiger partial charge in [0, 0.05) is 13.7 Å². The van der Waals surface area contributed by atoms with E-state index in [4.69, 9.17) is 0 Å². The minimum absolute atomic E-state index is 0.242. The third kappa shape index (κ3) is 3.70. The number of hydrogen-bond donors (Lipinski definition) is 1. The summed E-state index contributed by atoms with van der Waals surface area (Å²) in [5.41, 5.74) is 1.69. The zero-order valence-electron chi connectivity index (χ0n) is 10.0. The number of aryl methyl sites for hydroxylation is 1. The maximum absolute atomic E-state index is 12.2. The smallest absolute Gasteiger partial charge is 0.261 e. The van der Waals surface area contributed by atoms with E-state index in [1.54, 1.807) is 30.3 Å². The highest BCUT2D eigenvalue weighted by Gasteiger charge is 2.14. The first-order valence-electron chi connectivity index (χ1n) is 5.43. The number of sulfonamides is 1. The largest absolute Gasteiger partial charge is 0.280 e. The number of halogens is 2. The molecule has 0 aliphatic carbocycles. The van der Waals surface area contributed by atoms with Gasteiger partial charge in [0.1, 0.15) is 0 Å². The van der Waals surface area contributed by atoms with Crippen LogP contribution in [0.4, 0.5) is 5.69 Å². The van der Waals surface area contributed by atoms with Gasteiger partial charge in [0.25, 0.3) is 10.0 Å². The van der Waals surface area contributed by atoms with Crippen molar-refractivity contribution in [1.82, 2.24) is 0 Å². The van der Waals surface area contributed by atoms with Gasteiger partial charge in [0.05, 0.1) is 4.90 Å². The van der Waals surface area contributed by atoms with E-state index in [1.165, 1.54) is 0 Å². The maximum Gasteiger partial charge on any atom is 0.261 e. The SMILES string of the molecule is Cc1ccc(NS(=O)(=O)c2ccc(Br)cc2)cc1I. The summed E-state index contributed by atoms with van der Waals surface area (Å²) < 4.78 is 28.8. The highest BCUT2D eigenvalue weighted by atomic mass is 127. The van der Waals surface area contributed by atoms with Crippen molar-refractivity contribution < 1.29 is 8.42 Å². The number of benzene rings is 2. The van der Waals surface area contributed by atoms with E-state index in [-0.39, 0.29) is 4.90 Å². The zero-order valence-corrected chi connectivity index (χ0v) is 14.6. The van der Waals surface area contributed by atoms with Crippen LogP contribution in [-0.2, 0) is 10.0 Å². The Bertz CT molecular complexity index is 699. The monoisotopic (exact) mass is 451 g/mol. The van der Waals surface area contributed by atoms with Crippen LogP contribution in [0.2, 0.25) is 0 Å². The quantitative estimate of drug-likeness (QED) is 0.712. The van der Waals surface area contributed by atoms with Crippen molar-refractivity contribution in [3.05, 3.63) is 56.1 Å². The van der Waals surface area contributed by atoms with Gasteiger partial charge in [-0.05, 0) is 71.5 Å². The van der Waals surface area contributed by atoms with E-state index >= 15 is 0 Å². The van der Waals surface area contributed by atoms with Crippen molar-refractivity contribution in [3.63, 3.8) is 0 Å².